The molecule has 2 heteroatoms. The van der Waals surface area contributed by atoms with Crippen LogP contribution < -0.4 is 0 Å². The summed E-state index contributed by atoms with van der Waals surface area (Å²) in [5.74, 6) is 5.29. The second-order valence-electron chi connectivity index (χ2n) is 9.18. The molecule has 3 saturated carbocycles. The molecule has 8 atom stereocenters. The van der Waals surface area contributed by atoms with Crippen LogP contribution >= 0.6 is 0 Å². The zero-order chi connectivity index (χ0) is 16.5. The summed E-state index contributed by atoms with van der Waals surface area (Å²) in [6.45, 7) is 4.66. The molecule has 0 aromatic heterocycles. The van der Waals surface area contributed by atoms with Crippen LogP contribution in [0.2, 0.25) is 0 Å². The topological polar surface area (TPSA) is 40.5 Å². The van der Waals surface area contributed by atoms with E-state index in [-0.39, 0.29) is 16.9 Å². The van der Waals surface area contributed by atoms with E-state index in [9.17, 15) is 10.2 Å². The molecular weight excluding hydrogens is 284 g/mol. The van der Waals surface area contributed by atoms with Gasteiger partial charge >= 0.3 is 0 Å². The van der Waals surface area contributed by atoms with Gasteiger partial charge in [0.15, 0.2) is 0 Å². The molecule has 3 unspecified atom stereocenters. The van der Waals surface area contributed by atoms with Crippen molar-refractivity contribution in [2.45, 2.75) is 70.5 Å². The SMILES string of the molecule is C#CC1(O)CC[C@H]2[C@@H]3CCC4CC(O)C=C[C@]4(C)[C@@H]3CC[C@@]21C. The van der Waals surface area contributed by atoms with E-state index in [1.165, 1.54) is 12.8 Å². The predicted molar refractivity (Wildman–Crippen MR) is 91.4 cm³/mol. The number of hydrogen-bond acceptors (Lipinski definition) is 2. The fourth-order valence-corrected chi connectivity index (χ4v) is 7.04. The molecule has 0 aromatic carbocycles. The highest BCUT2D eigenvalue weighted by atomic mass is 16.3. The molecule has 3 fully saturated rings. The summed E-state index contributed by atoms with van der Waals surface area (Å²) < 4.78 is 0. The zero-order valence-electron chi connectivity index (χ0n) is 14.5. The number of allylic oxidation sites excluding steroid dienone is 1. The Morgan fingerprint density at radius 3 is 2.57 bits per heavy atom. The highest BCUT2D eigenvalue weighted by molar-refractivity contribution is 5.25. The zero-order valence-corrected chi connectivity index (χ0v) is 14.5. The number of aliphatic hydroxyl groups excluding tert-OH is 1. The first kappa shape index (κ1) is 15.7. The van der Waals surface area contributed by atoms with Gasteiger partial charge in [0, 0.05) is 5.41 Å². The molecule has 4 aliphatic rings. The van der Waals surface area contributed by atoms with Gasteiger partial charge in [-0.15, -0.1) is 6.42 Å². The first-order valence-electron chi connectivity index (χ1n) is 9.42. The Labute approximate surface area is 140 Å². The lowest BCUT2D eigenvalue weighted by Gasteiger charge is -2.59. The van der Waals surface area contributed by atoms with E-state index in [1.54, 1.807) is 0 Å². The highest BCUT2D eigenvalue weighted by Gasteiger charge is 2.63. The maximum absolute atomic E-state index is 11.0. The first-order chi connectivity index (χ1) is 10.8. The van der Waals surface area contributed by atoms with Gasteiger partial charge in [-0.2, -0.15) is 0 Å². The van der Waals surface area contributed by atoms with Crippen molar-refractivity contribution in [1.29, 1.82) is 0 Å². The van der Waals surface area contributed by atoms with Crippen LogP contribution in [-0.4, -0.2) is 21.9 Å². The van der Waals surface area contributed by atoms with Crippen LogP contribution in [0.15, 0.2) is 12.2 Å². The van der Waals surface area contributed by atoms with E-state index in [4.69, 9.17) is 6.42 Å². The Bertz CT molecular complexity index is 575. The summed E-state index contributed by atoms with van der Waals surface area (Å²) in [4.78, 5) is 0. The van der Waals surface area contributed by atoms with Crippen molar-refractivity contribution < 1.29 is 10.2 Å². The summed E-state index contributed by atoms with van der Waals surface area (Å²) in [7, 11) is 0. The molecule has 2 N–H and O–H groups in total. The third-order valence-electron chi connectivity index (χ3n) is 8.56. The summed E-state index contributed by atoms with van der Waals surface area (Å²) in [6, 6.07) is 0. The minimum Gasteiger partial charge on any atom is -0.389 e. The standard InChI is InChI=1S/C21H30O2/c1-4-21(23)12-9-18-16-6-5-14-13-15(22)7-10-19(14,2)17(16)8-11-20(18,21)3/h1,7,10,14-18,22-23H,5-6,8-9,11-13H2,2-3H3/t14?,15?,16-,17-,18+,19+,20+,21?/m1/s1. The normalized spacial score (nSPS) is 58.0. The first-order valence-corrected chi connectivity index (χ1v) is 9.42. The third-order valence-corrected chi connectivity index (χ3v) is 8.56. The molecule has 0 amide bonds. The van der Waals surface area contributed by atoms with E-state index in [2.05, 4.69) is 25.8 Å². The average molecular weight is 314 g/mol. The molecule has 23 heavy (non-hydrogen) atoms. The second kappa shape index (κ2) is 4.87. The summed E-state index contributed by atoms with van der Waals surface area (Å²) in [5.41, 5.74) is -0.788. The predicted octanol–water partition coefficient (Wildman–Crippen LogP) is 3.53. The van der Waals surface area contributed by atoms with Crippen LogP contribution in [0.1, 0.15) is 58.8 Å². The Morgan fingerprint density at radius 2 is 1.83 bits per heavy atom. The molecule has 2 nitrogen and oxygen atoms in total. The quantitative estimate of drug-likeness (QED) is 0.530. The number of rotatable bonds is 0. The number of hydrogen-bond donors (Lipinski definition) is 2. The van der Waals surface area contributed by atoms with E-state index in [0.29, 0.717) is 23.7 Å². The van der Waals surface area contributed by atoms with E-state index in [1.807, 2.05) is 6.08 Å². The van der Waals surface area contributed by atoms with Crippen molar-refractivity contribution in [1.82, 2.24) is 0 Å². The van der Waals surface area contributed by atoms with Crippen molar-refractivity contribution in [3.05, 3.63) is 12.2 Å². The number of terminal acetylenes is 1. The molecule has 0 radical (unpaired) electrons. The summed E-state index contributed by atoms with van der Waals surface area (Å²) >= 11 is 0. The van der Waals surface area contributed by atoms with E-state index in [0.717, 1.165) is 32.1 Å². The van der Waals surface area contributed by atoms with Crippen LogP contribution in [0.25, 0.3) is 0 Å². The lowest BCUT2D eigenvalue weighted by atomic mass is 9.45. The summed E-state index contributed by atoms with van der Waals surface area (Å²) in [5, 5.41) is 21.0. The van der Waals surface area contributed by atoms with Gasteiger partial charge in [-0.1, -0.05) is 31.9 Å². The van der Waals surface area contributed by atoms with Gasteiger partial charge in [-0.05, 0) is 74.0 Å². The molecule has 4 rings (SSSR count). The van der Waals surface area contributed by atoms with Crippen LogP contribution in [0, 0.1) is 46.8 Å². The van der Waals surface area contributed by atoms with Gasteiger partial charge in [0.25, 0.3) is 0 Å². The lowest BCUT2D eigenvalue weighted by molar-refractivity contribution is -0.118. The second-order valence-corrected chi connectivity index (χ2v) is 9.18. The minimum atomic E-state index is -0.904. The number of aliphatic hydroxyl groups is 2. The third kappa shape index (κ3) is 1.90. The maximum atomic E-state index is 11.0. The molecule has 0 aromatic rings. The Morgan fingerprint density at radius 1 is 1.09 bits per heavy atom. The molecule has 0 heterocycles. The minimum absolute atomic E-state index is 0.107. The Hall–Kier alpha value is -0.780. The smallest absolute Gasteiger partial charge is 0.130 e. The van der Waals surface area contributed by atoms with Gasteiger partial charge in [0.05, 0.1) is 6.10 Å². The van der Waals surface area contributed by atoms with Gasteiger partial charge in [-0.3, -0.25) is 0 Å². The van der Waals surface area contributed by atoms with Gasteiger partial charge in [0.2, 0.25) is 0 Å². The molecule has 4 aliphatic carbocycles. The fourth-order valence-electron chi connectivity index (χ4n) is 7.04. The lowest BCUT2D eigenvalue weighted by Crippen LogP contribution is -2.55. The average Bonchev–Trinajstić information content (AvgIpc) is 2.80. The molecule has 0 spiro atoms. The van der Waals surface area contributed by atoms with Crippen LogP contribution in [0.5, 0.6) is 0 Å². The molecule has 126 valence electrons. The van der Waals surface area contributed by atoms with Crippen molar-refractivity contribution >= 4 is 0 Å². The van der Waals surface area contributed by atoms with Crippen molar-refractivity contribution in [2.75, 3.05) is 0 Å². The number of fused-ring (bicyclic) bond motifs is 5. The molecular formula is C21H30O2. The Balaban J connectivity index is 1.68. The largest absolute Gasteiger partial charge is 0.389 e. The summed E-state index contributed by atoms with van der Waals surface area (Å²) in [6.07, 6.45) is 17.3. The van der Waals surface area contributed by atoms with Crippen LogP contribution in [-0.2, 0) is 0 Å². The molecule has 0 saturated heterocycles. The van der Waals surface area contributed by atoms with Crippen molar-refractivity contribution in [3.63, 3.8) is 0 Å². The highest BCUT2D eigenvalue weighted by Crippen LogP contribution is 2.67. The molecule has 0 aliphatic heterocycles. The fraction of sp³-hybridized carbons (Fsp3) is 0.810. The van der Waals surface area contributed by atoms with Crippen molar-refractivity contribution in [3.8, 4) is 12.3 Å². The maximum Gasteiger partial charge on any atom is 0.130 e. The van der Waals surface area contributed by atoms with E-state index < -0.39 is 5.60 Å². The monoisotopic (exact) mass is 314 g/mol. The van der Waals surface area contributed by atoms with Gasteiger partial charge in [0.1, 0.15) is 5.60 Å². The van der Waals surface area contributed by atoms with E-state index >= 15 is 0 Å². The van der Waals surface area contributed by atoms with Crippen LogP contribution in [0.4, 0.5) is 0 Å². The van der Waals surface area contributed by atoms with Gasteiger partial charge < -0.3 is 10.2 Å². The molecule has 0 bridgehead atoms. The van der Waals surface area contributed by atoms with Crippen molar-refractivity contribution in [2.24, 2.45) is 34.5 Å². The van der Waals surface area contributed by atoms with Gasteiger partial charge in [-0.25, -0.2) is 0 Å². The Kier molecular flexibility index (Phi) is 3.33. The van der Waals surface area contributed by atoms with Crippen LogP contribution in [0.3, 0.4) is 0 Å².